The fourth-order valence-corrected chi connectivity index (χ4v) is 5.51. The third-order valence-electron chi connectivity index (χ3n) is 7.23. The number of carbonyl (C=O) groups is 2. The zero-order chi connectivity index (χ0) is 23.9. The Morgan fingerprint density at radius 2 is 2.06 bits per heavy atom. The average molecular weight is 464 g/mol. The van der Waals surface area contributed by atoms with Gasteiger partial charge in [0.15, 0.2) is 0 Å². The number of nitrogens with one attached hydrogen (secondary N) is 2. The Kier molecular flexibility index (Phi) is 5.65. The van der Waals surface area contributed by atoms with Gasteiger partial charge in [-0.25, -0.2) is 9.78 Å². The van der Waals surface area contributed by atoms with E-state index in [2.05, 4.69) is 15.3 Å². The molecule has 1 spiro atoms. The lowest BCUT2D eigenvalue weighted by molar-refractivity contribution is -0.134. The summed E-state index contributed by atoms with van der Waals surface area (Å²) in [5, 5.41) is 14.2. The van der Waals surface area contributed by atoms with E-state index in [1.54, 1.807) is 42.2 Å². The quantitative estimate of drug-likeness (QED) is 0.553. The maximum atomic E-state index is 12.8. The lowest BCUT2D eigenvalue weighted by Gasteiger charge is -2.50. The molecule has 3 N–H and O–H groups in total. The van der Waals surface area contributed by atoms with E-state index in [0.29, 0.717) is 38.3 Å². The Morgan fingerprint density at radius 1 is 1.26 bits per heavy atom. The highest BCUT2D eigenvalue weighted by atomic mass is 16.5. The number of hydrogen-bond donors (Lipinski definition) is 3. The number of likely N-dealkylation sites (tertiary alicyclic amines) is 1. The molecule has 0 unspecified atom stereocenters. The summed E-state index contributed by atoms with van der Waals surface area (Å²) < 4.78 is 5.40. The van der Waals surface area contributed by atoms with Gasteiger partial charge in [0, 0.05) is 60.8 Å². The maximum Gasteiger partial charge on any atom is 0.323 e. The minimum atomic E-state index is -0.429. The first-order chi connectivity index (χ1) is 16.5. The average Bonchev–Trinajstić information content (AvgIpc) is 3.24. The van der Waals surface area contributed by atoms with Crippen LogP contribution in [0, 0.1) is 0 Å². The number of amides is 3. The molecule has 2 aliphatic heterocycles. The number of ether oxygens (including phenoxy) is 1. The number of hydrogen-bond acceptors (Lipinski definition) is 5. The number of H-pyrrole nitrogens is 1. The molecule has 2 aliphatic rings. The Hall–Kier alpha value is -3.59. The predicted octanol–water partition coefficient (Wildman–Crippen LogP) is 3.03. The summed E-state index contributed by atoms with van der Waals surface area (Å²) in [5.74, 6) is 1.19. The predicted molar refractivity (Wildman–Crippen MR) is 128 cm³/mol. The summed E-state index contributed by atoms with van der Waals surface area (Å²) in [6, 6.07) is 10.7. The van der Waals surface area contributed by atoms with Gasteiger partial charge in [-0.3, -0.25) is 10.1 Å². The molecule has 1 fully saturated rings. The molecule has 34 heavy (non-hydrogen) atoms. The van der Waals surface area contributed by atoms with Crippen molar-refractivity contribution < 1.29 is 19.4 Å². The number of rotatable bonds is 3. The van der Waals surface area contributed by atoms with Crippen LogP contribution in [0.1, 0.15) is 37.1 Å². The fourth-order valence-electron chi connectivity index (χ4n) is 5.51. The number of benzene rings is 1. The zero-order valence-electron chi connectivity index (χ0n) is 19.4. The number of pyridine rings is 1. The van der Waals surface area contributed by atoms with Crippen molar-refractivity contribution in [1.82, 2.24) is 19.8 Å². The topological polar surface area (TPSA) is 111 Å². The van der Waals surface area contributed by atoms with Crippen molar-refractivity contribution in [2.24, 2.45) is 0 Å². The number of aliphatic hydroxyl groups is 1. The van der Waals surface area contributed by atoms with Crippen LogP contribution in [-0.4, -0.2) is 70.2 Å². The van der Waals surface area contributed by atoms with Gasteiger partial charge in [-0.1, -0.05) is 6.07 Å². The van der Waals surface area contributed by atoms with Crippen molar-refractivity contribution in [3.63, 3.8) is 0 Å². The first-order valence-electron chi connectivity index (χ1n) is 11.5. The van der Waals surface area contributed by atoms with E-state index in [-0.39, 0.29) is 24.0 Å². The van der Waals surface area contributed by atoms with Crippen LogP contribution in [0.5, 0.6) is 5.75 Å². The SMILES string of the molecule is COc1ccc2c3c([nH]c2c1)[C@H](CO)N(C(C)=O)CC31CCN(C(=O)Nc2ccccn2)CC1. The molecule has 2 aromatic heterocycles. The molecule has 0 aliphatic carbocycles. The smallest absolute Gasteiger partial charge is 0.323 e. The van der Waals surface area contributed by atoms with Crippen LogP contribution in [0.4, 0.5) is 10.6 Å². The van der Waals surface area contributed by atoms with Gasteiger partial charge in [0.05, 0.1) is 19.8 Å². The second-order valence-electron chi connectivity index (χ2n) is 9.08. The molecule has 1 atom stereocenters. The van der Waals surface area contributed by atoms with Crippen molar-refractivity contribution in [3.05, 3.63) is 53.9 Å². The Balaban J connectivity index is 1.49. The molecular formula is C25H29N5O4. The van der Waals surface area contributed by atoms with Crippen molar-refractivity contribution in [2.75, 3.05) is 38.7 Å². The van der Waals surface area contributed by atoms with Crippen LogP contribution in [0.3, 0.4) is 0 Å². The Morgan fingerprint density at radius 3 is 2.71 bits per heavy atom. The van der Waals surface area contributed by atoms with Crippen molar-refractivity contribution in [3.8, 4) is 5.75 Å². The van der Waals surface area contributed by atoms with Gasteiger partial charge in [0.1, 0.15) is 11.6 Å². The van der Waals surface area contributed by atoms with Gasteiger partial charge in [-0.2, -0.15) is 0 Å². The second kappa shape index (κ2) is 8.64. The summed E-state index contributed by atoms with van der Waals surface area (Å²) in [5.41, 5.74) is 2.62. The van der Waals surface area contributed by atoms with Crippen LogP contribution in [0.25, 0.3) is 10.9 Å². The number of urea groups is 1. The molecule has 5 rings (SSSR count). The number of nitrogens with zero attached hydrogens (tertiary/aromatic N) is 3. The van der Waals surface area contributed by atoms with Gasteiger partial charge >= 0.3 is 6.03 Å². The van der Waals surface area contributed by atoms with Gasteiger partial charge in [0.2, 0.25) is 5.91 Å². The third-order valence-corrected chi connectivity index (χ3v) is 7.23. The van der Waals surface area contributed by atoms with Crippen LogP contribution >= 0.6 is 0 Å². The minimum Gasteiger partial charge on any atom is -0.497 e. The molecular weight excluding hydrogens is 434 g/mol. The van der Waals surface area contributed by atoms with E-state index in [0.717, 1.165) is 27.9 Å². The first-order valence-corrected chi connectivity index (χ1v) is 11.5. The number of piperidine rings is 1. The molecule has 9 heteroatoms. The number of anilines is 1. The Labute approximate surface area is 197 Å². The standard InChI is InChI=1S/C25H29N5O4/c1-16(32)30-15-25(8-11-29(12-9-25)24(33)28-21-5-3-4-10-26-21)22-18-7-6-17(34-2)13-19(18)27-23(22)20(30)14-31/h3-7,10,13,20,27,31H,8-9,11-12,14-15H2,1-2H3,(H,26,28,33)/t20-/m0/s1. The van der Waals surface area contributed by atoms with E-state index in [1.807, 2.05) is 24.3 Å². The minimum absolute atomic E-state index is 0.0735. The molecule has 1 aromatic carbocycles. The van der Waals surface area contributed by atoms with Crippen LogP contribution in [0.2, 0.25) is 0 Å². The van der Waals surface area contributed by atoms with Crippen LogP contribution in [-0.2, 0) is 10.2 Å². The highest BCUT2D eigenvalue weighted by Crippen LogP contribution is 2.49. The molecule has 178 valence electrons. The molecule has 1 saturated heterocycles. The number of methoxy groups -OCH3 is 1. The highest BCUT2D eigenvalue weighted by molar-refractivity contribution is 5.90. The first kappa shape index (κ1) is 22.2. The molecule has 3 aromatic rings. The molecule has 3 amide bonds. The second-order valence-corrected chi connectivity index (χ2v) is 9.08. The van der Waals surface area contributed by atoms with Gasteiger partial charge < -0.3 is 24.6 Å². The van der Waals surface area contributed by atoms with Gasteiger partial charge in [0.25, 0.3) is 0 Å². The number of aromatic amines is 1. The van der Waals surface area contributed by atoms with Gasteiger partial charge in [-0.15, -0.1) is 0 Å². The van der Waals surface area contributed by atoms with E-state index >= 15 is 0 Å². The number of aliphatic hydroxyl groups excluding tert-OH is 1. The highest BCUT2D eigenvalue weighted by Gasteiger charge is 2.48. The van der Waals surface area contributed by atoms with Crippen molar-refractivity contribution in [2.45, 2.75) is 31.2 Å². The molecule has 0 radical (unpaired) electrons. The van der Waals surface area contributed by atoms with E-state index < -0.39 is 6.04 Å². The van der Waals surface area contributed by atoms with Crippen molar-refractivity contribution in [1.29, 1.82) is 0 Å². The Bertz CT molecular complexity index is 1220. The zero-order valence-corrected chi connectivity index (χ0v) is 19.4. The number of aromatic nitrogens is 2. The lowest BCUT2D eigenvalue weighted by Crippen LogP contribution is -2.55. The van der Waals surface area contributed by atoms with Crippen LogP contribution in [0.15, 0.2) is 42.6 Å². The summed E-state index contributed by atoms with van der Waals surface area (Å²) >= 11 is 0. The monoisotopic (exact) mass is 463 g/mol. The van der Waals surface area contributed by atoms with Gasteiger partial charge in [-0.05, 0) is 42.7 Å². The number of carbonyl (C=O) groups excluding carboxylic acids is 2. The summed E-state index contributed by atoms with van der Waals surface area (Å²) in [7, 11) is 1.63. The maximum absolute atomic E-state index is 12.8. The molecule has 9 nitrogen and oxygen atoms in total. The van der Waals surface area contributed by atoms with E-state index in [1.165, 1.54) is 0 Å². The third kappa shape index (κ3) is 3.66. The molecule has 4 heterocycles. The largest absolute Gasteiger partial charge is 0.497 e. The molecule has 0 bridgehead atoms. The van der Waals surface area contributed by atoms with E-state index in [9.17, 15) is 14.7 Å². The number of fused-ring (bicyclic) bond motifs is 4. The molecule has 0 saturated carbocycles. The lowest BCUT2D eigenvalue weighted by atomic mass is 9.68. The normalized spacial score (nSPS) is 19.2. The van der Waals surface area contributed by atoms with E-state index in [4.69, 9.17) is 4.74 Å². The van der Waals surface area contributed by atoms with Crippen LogP contribution < -0.4 is 10.1 Å². The summed E-state index contributed by atoms with van der Waals surface area (Å²) in [6.45, 7) is 3.00. The summed E-state index contributed by atoms with van der Waals surface area (Å²) in [6.07, 6.45) is 3.05. The summed E-state index contributed by atoms with van der Waals surface area (Å²) in [4.78, 5) is 36.7. The van der Waals surface area contributed by atoms with Crippen molar-refractivity contribution >= 4 is 28.7 Å². The fraction of sp³-hybridized carbons (Fsp3) is 0.400.